The van der Waals surface area contributed by atoms with Crippen LogP contribution < -0.4 is 15.6 Å². The van der Waals surface area contributed by atoms with Gasteiger partial charge in [-0.3, -0.25) is 0 Å². The smallest absolute Gasteiger partial charge is 0.278 e. The van der Waals surface area contributed by atoms with Crippen molar-refractivity contribution >= 4 is 34.4 Å². The van der Waals surface area contributed by atoms with E-state index in [1.165, 1.54) is 21.1 Å². The van der Waals surface area contributed by atoms with Gasteiger partial charge >= 0.3 is 0 Å². The lowest BCUT2D eigenvalue weighted by molar-refractivity contribution is 0.643. The van der Waals surface area contributed by atoms with Gasteiger partial charge in [-0.2, -0.15) is 0 Å². The molecule has 0 fully saturated rings. The predicted molar refractivity (Wildman–Crippen MR) is 95.6 cm³/mol. The van der Waals surface area contributed by atoms with Crippen molar-refractivity contribution in [3.8, 4) is 0 Å². The van der Waals surface area contributed by atoms with E-state index in [0.717, 1.165) is 0 Å². The number of hydrogen-bond acceptors (Lipinski definition) is 1. The largest absolute Gasteiger partial charge is 0.447 e. The van der Waals surface area contributed by atoms with Crippen LogP contribution in [-0.2, 0) is 4.12 Å². The van der Waals surface area contributed by atoms with Crippen molar-refractivity contribution < 1.29 is 4.12 Å². The van der Waals surface area contributed by atoms with Crippen molar-refractivity contribution in [2.24, 2.45) is 0 Å². The van der Waals surface area contributed by atoms with E-state index in [0.29, 0.717) is 0 Å². The van der Waals surface area contributed by atoms with Crippen molar-refractivity contribution in [1.29, 1.82) is 0 Å². The Bertz CT molecular complexity index is 702. The maximum absolute atomic E-state index is 6.12. The molecule has 0 aliphatic heterocycles. The zero-order valence-corrected chi connectivity index (χ0v) is 14.5. The molecule has 22 heavy (non-hydrogen) atoms. The van der Waals surface area contributed by atoms with Crippen LogP contribution in [0.1, 0.15) is 5.56 Å². The van der Waals surface area contributed by atoms with Crippen molar-refractivity contribution in [3.05, 3.63) is 90.5 Å². The third kappa shape index (κ3) is 2.48. The molecule has 0 amide bonds. The fourth-order valence-electron chi connectivity index (χ4n) is 2.96. The van der Waals surface area contributed by atoms with Gasteiger partial charge < -0.3 is 4.12 Å². The highest BCUT2D eigenvalue weighted by Gasteiger charge is 2.41. The van der Waals surface area contributed by atoms with E-state index in [9.17, 15) is 0 Å². The molecule has 107 valence electrons. The number of aryl methyl sites for hydroxylation is 1. The first-order valence-electron chi connectivity index (χ1n) is 7.31. The summed E-state index contributed by atoms with van der Waals surface area (Å²) in [5.41, 5.74) is 1.25. The van der Waals surface area contributed by atoms with Gasteiger partial charge in [0.15, 0.2) is 0 Å². The third-order valence-corrected chi connectivity index (χ3v) is 8.88. The molecule has 0 aliphatic rings. The molecule has 0 atom stereocenters. The molecule has 0 bridgehead atoms. The summed E-state index contributed by atoms with van der Waals surface area (Å²) in [5.74, 6) is 0. The first-order valence-corrected chi connectivity index (χ1v) is 9.62. The topological polar surface area (TPSA) is 9.23 Å². The zero-order chi connectivity index (χ0) is 15.4. The van der Waals surface area contributed by atoms with Crippen molar-refractivity contribution in [2.75, 3.05) is 0 Å². The van der Waals surface area contributed by atoms with Gasteiger partial charge in [-0.25, -0.2) is 0 Å². The van der Waals surface area contributed by atoms with Crippen molar-refractivity contribution in [1.82, 2.24) is 0 Å². The molecule has 3 rings (SSSR count). The molecule has 3 aromatic rings. The Kier molecular flexibility index (Phi) is 4.38. The number of rotatable bonds is 4. The van der Waals surface area contributed by atoms with Crippen LogP contribution in [0.15, 0.2) is 84.9 Å². The average molecular weight is 318 g/mol. The summed E-state index contributed by atoms with van der Waals surface area (Å²) in [4.78, 5) is 0. The first kappa shape index (κ1) is 15.0. The summed E-state index contributed by atoms with van der Waals surface area (Å²) in [6.45, 7) is 2.15. The highest BCUT2D eigenvalue weighted by molar-refractivity contribution is 7.08. The van der Waals surface area contributed by atoms with Crippen LogP contribution in [0.3, 0.4) is 0 Å². The van der Waals surface area contributed by atoms with E-state index in [4.69, 9.17) is 4.12 Å². The Morgan fingerprint density at radius 1 is 0.682 bits per heavy atom. The summed E-state index contributed by atoms with van der Waals surface area (Å²) in [7, 11) is 0.907. The van der Waals surface area contributed by atoms with Gasteiger partial charge in [-0.1, -0.05) is 84.9 Å². The summed E-state index contributed by atoms with van der Waals surface area (Å²) in [6, 6.07) is 29.5. The highest BCUT2D eigenvalue weighted by atomic mass is 28.4. The summed E-state index contributed by atoms with van der Waals surface area (Å²) in [6.07, 6.45) is 0. The lowest BCUT2D eigenvalue weighted by Gasteiger charge is -2.32. The van der Waals surface area contributed by atoms with E-state index in [-0.39, 0.29) is 0 Å². The van der Waals surface area contributed by atoms with Gasteiger partial charge in [0.05, 0.1) is 0 Å². The Labute approximate surface area is 136 Å². The quantitative estimate of drug-likeness (QED) is 0.529. The van der Waals surface area contributed by atoms with E-state index < -0.39 is 8.32 Å². The molecule has 3 aromatic carbocycles. The van der Waals surface area contributed by atoms with E-state index in [1.54, 1.807) is 0 Å². The van der Waals surface area contributed by atoms with Gasteiger partial charge in [-0.05, 0) is 28.0 Å². The maximum Gasteiger partial charge on any atom is 0.278 e. The lowest BCUT2D eigenvalue weighted by Crippen LogP contribution is -2.69. The minimum atomic E-state index is -2.53. The Balaban J connectivity index is 2.34. The first-order chi connectivity index (χ1) is 10.8. The van der Waals surface area contributed by atoms with Crippen molar-refractivity contribution in [2.45, 2.75) is 6.92 Å². The number of benzene rings is 3. The van der Waals surface area contributed by atoms with Gasteiger partial charge in [0.1, 0.15) is 0 Å². The van der Waals surface area contributed by atoms with Gasteiger partial charge in [0.2, 0.25) is 10.5 Å². The second kappa shape index (κ2) is 6.44. The Hall–Kier alpha value is -1.95. The molecule has 0 unspecified atom stereocenters. The molecule has 0 aromatic heterocycles. The molecule has 0 spiro atoms. The number of hydrogen-bond donors (Lipinski definition) is 0. The molecular formula is C19H17OSi2. The molecular weight excluding hydrogens is 300 g/mol. The van der Waals surface area contributed by atoms with Gasteiger partial charge in [0.25, 0.3) is 8.32 Å². The molecule has 0 saturated heterocycles. The van der Waals surface area contributed by atoms with Crippen LogP contribution in [0.25, 0.3) is 0 Å². The summed E-state index contributed by atoms with van der Waals surface area (Å²) < 4.78 is 6.12. The molecule has 0 aliphatic carbocycles. The lowest BCUT2D eigenvalue weighted by atomic mass is 10.2. The summed E-state index contributed by atoms with van der Waals surface area (Å²) in [5, 5.41) is 3.72. The fourth-order valence-corrected chi connectivity index (χ4v) is 7.60. The molecule has 0 saturated carbocycles. The molecule has 3 radical (unpaired) electrons. The second-order valence-corrected chi connectivity index (χ2v) is 9.20. The normalized spacial score (nSPS) is 11.4. The van der Waals surface area contributed by atoms with Crippen molar-refractivity contribution in [3.63, 3.8) is 0 Å². The van der Waals surface area contributed by atoms with Crippen LogP contribution in [0.5, 0.6) is 0 Å². The van der Waals surface area contributed by atoms with Crippen LogP contribution in [0.4, 0.5) is 0 Å². The molecule has 1 nitrogen and oxygen atoms in total. The average Bonchev–Trinajstić information content (AvgIpc) is 2.59. The van der Waals surface area contributed by atoms with Crippen LogP contribution in [0.2, 0.25) is 0 Å². The molecule has 0 N–H and O–H groups in total. The Morgan fingerprint density at radius 2 is 1.14 bits per heavy atom. The monoisotopic (exact) mass is 317 g/mol. The van der Waals surface area contributed by atoms with E-state index in [1.807, 2.05) is 12.1 Å². The van der Waals surface area contributed by atoms with E-state index in [2.05, 4.69) is 90.2 Å². The Morgan fingerprint density at radius 3 is 1.59 bits per heavy atom. The van der Waals surface area contributed by atoms with Gasteiger partial charge in [-0.15, -0.1) is 0 Å². The third-order valence-electron chi connectivity index (χ3n) is 4.04. The van der Waals surface area contributed by atoms with Crippen LogP contribution in [-0.4, -0.2) is 18.8 Å². The fraction of sp³-hybridized carbons (Fsp3) is 0.0526. The minimum absolute atomic E-state index is 1.23. The van der Waals surface area contributed by atoms with Gasteiger partial charge in [0, 0.05) is 0 Å². The maximum atomic E-state index is 6.12. The standard InChI is InChI=1S/C19H17OSi2/c1-16-10-8-9-15-19(16)22(20-21,17-11-4-2-5-12-17)18-13-6-3-7-14-18/h2-15H,1H3. The molecule has 0 heterocycles. The highest BCUT2D eigenvalue weighted by Crippen LogP contribution is 2.10. The predicted octanol–water partition coefficient (Wildman–Crippen LogP) is 2.06. The second-order valence-electron chi connectivity index (χ2n) is 5.33. The zero-order valence-electron chi connectivity index (χ0n) is 12.5. The summed E-state index contributed by atoms with van der Waals surface area (Å²) >= 11 is 0. The SMILES string of the molecule is Cc1ccccc1[Si](O[Si])(c1ccccc1)c1ccccc1. The molecule has 3 heteroatoms. The van der Waals surface area contributed by atoms with Crippen LogP contribution in [0, 0.1) is 6.92 Å². The van der Waals surface area contributed by atoms with E-state index >= 15 is 0 Å². The van der Waals surface area contributed by atoms with Crippen LogP contribution >= 0.6 is 0 Å². The minimum Gasteiger partial charge on any atom is -0.447 e.